The van der Waals surface area contributed by atoms with Crippen LogP contribution in [0.1, 0.15) is 0 Å². The first-order chi connectivity index (χ1) is 8.20. The van der Waals surface area contributed by atoms with Crippen LogP contribution in [0.15, 0.2) is 30.3 Å². The van der Waals surface area contributed by atoms with Crippen molar-refractivity contribution in [3.8, 4) is 0 Å². The number of hydrogen-bond donors (Lipinski definition) is 2. The van der Waals surface area contributed by atoms with E-state index >= 15 is 0 Å². The topological polar surface area (TPSA) is 81.4 Å². The highest BCUT2D eigenvalue weighted by Crippen LogP contribution is 2.28. The summed E-state index contributed by atoms with van der Waals surface area (Å²) in [6.07, 6.45) is 0. The molecule has 1 rings (SSSR count). The first-order valence-electron chi connectivity index (χ1n) is 4.98. The number of carbonyl (C=O) groups is 1. The highest BCUT2D eigenvalue weighted by atomic mass is 35.5. The number of nitrogens with two attached hydrogens (primary N) is 1. The predicted molar refractivity (Wildman–Crippen MR) is 67.9 cm³/mol. The van der Waals surface area contributed by atoms with E-state index in [2.05, 4.69) is 0 Å². The lowest BCUT2D eigenvalue weighted by atomic mass is 10.4. The molecule has 1 amide bonds. The molecule has 94 valence electrons. The zero-order valence-electron chi connectivity index (χ0n) is 9.06. The molecule has 2 unspecified atom stereocenters. The summed E-state index contributed by atoms with van der Waals surface area (Å²) < 4.78 is 17.3. The van der Waals surface area contributed by atoms with Crippen LogP contribution in [0.2, 0.25) is 0 Å². The van der Waals surface area contributed by atoms with Gasteiger partial charge in [-0.2, -0.15) is 0 Å². The van der Waals surface area contributed by atoms with E-state index in [1.165, 1.54) is 0 Å². The van der Waals surface area contributed by atoms with Crippen molar-refractivity contribution in [2.24, 2.45) is 5.84 Å². The minimum absolute atomic E-state index is 0.142. The molecular weight excluding hydrogens is 263 g/mol. The van der Waals surface area contributed by atoms with Crippen LogP contribution in [0, 0.1) is 0 Å². The van der Waals surface area contributed by atoms with Crippen LogP contribution in [-0.4, -0.2) is 24.2 Å². The maximum atomic E-state index is 12.2. The monoisotopic (exact) mass is 276 g/mol. The van der Waals surface area contributed by atoms with Gasteiger partial charge in [-0.1, -0.05) is 30.3 Å². The number of carbonyl (C=O) groups excluding carboxylic acids is 1. The maximum Gasteiger partial charge on any atom is 0.270 e. The maximum absolute atomic E-state index is 12.2. The molecule has 2 atom stereocenters. The van der Waals surface area contributed by atoms with Crippen LogP contribution in [0.3, 0.4) is 0 Å². The van der Waals surface area contributed by atoms with Gasteiger partial charge in [-0.3, -0.25) is 10.2 Å². The molecule has 0 radical (unpaired) electrons. The second kappa shape index (κ2) is 7.45. The number of ether oxygens (including phenoxy) is 1. The second-order valence-corrected chi connectivity index (χ2v) is 5.39. The van der Waals surface area contributed by atoms with Gasteiger partial charge in [0.25, 0.3) is 5.91 Å². The summed E-state index contributed by atoms with van der Waals surface area (Å²) in [5, 5.41) is 0.570. The lowest BCUT2D eigenvalue weighted by Gasteiger charge is -2.15. The van der Waals surface area contributed by atoms with Gasteiger partial charge in [-0.15, -0.1) is 11.6 Å². The summed E-state index contributed by atoms with van der Waals surface area (Å²) in [4.78, 5) is 11.5. The molecule has 17 heavy (non-hydrogen) atoms. The predicted octanol–water partition coefficient (Wildman–Crippen LogP) is 0.443. The van der Waals surface area contributed by atoms with E-state index in [0.717, 1.165) is 0 Å². The third kappa shape index (κ3) is 4.13. The normalized spacial score (nSPS) is 14.0. The fraction of sp³-hybridized carbons (Fsp3) is 0.300. The number of hydrogen-bond acceptors (Lipinski definition) is 4. The Hall–Kier alpha value is -0.870. The summed E-state index contributed by atoms with van der Waals surface area (Å²) in [5.41, 5.74) is 1.94. The fourth-order valence-corrected chi connectivity index (χ4v) is 2.77. The van der Waals surface area contributed by atoms with E-state index in [1.807, 2.05) is 5.43 Å². The lowest BCUT2D eigenvalue weighted by Crippen LogP contribution is -2.40. The Morgan fingerprint density at radius 1 is 1.47 bits per heavy atom. The first kappa shape index (κ1) is 14.2. The third-order valence-electron chi connectivity index (χ3n) is 2.04. The molecule has 5 nitrogen and oxygen atoms in total. The van der Waals surface area contributed by atoms with Crippen LogP contribution in [0.4, 0.5) is 0 Å². The van der Waals surface area contributed by atoms with Gasteiger partial charge in [-0.25, -0.2) is 5.84 Å². The van der Waals surface area contributed by atoms with Gasteiger partial charge in [0.05, 0.1) is 6.61 Å². The Balaban J connectivity index is 2.83. The SMILES string of the molecule is NNC(=O)C(OCCCl)[PH](=O)c1ccccc1. The molecule has 1 aromatic carbocycles. The smallest absolute Gasteiger partial charge is 0.270 e. The van der Waals surface area contributed by atoms with Crippen LogP contribution < -0.4 is 16.6 Å². The van der Waals surface area contributed by atoms with E-state index in [1.54, 1.807) is 30.3 Å². The van der Waals surface area contributed by atoms with Crippen molar-refractivity contribution in [3.63, 3.8) is 0 Å². The molecule has 0 heterocycles. The Bertz CT molecular complexity index is 388. The summed E-state index contributed by atoms with van der Waals surface area (Å²) >= 11 is 5.47. The number of alkyl halides is 1. The number of rotatable bonds is 6. The van der Waals surface area contributed by atoms with Crippen LogP contribution in [0.5, 0.6) is 0 Å². The van der Waals surface area contributed by atoms with Gasteiger partial charge in [0, 0.05) is 11.2 Å². The van der Waals surface area contributed by atoms with E-state index in [4.69, 9.17) is 22.2 Å². The largest absolute Gasteiger partial charge is 0.359 e. The van der Waals surface area contributed by atoms with Crippen molar-refractivity contribution >= 4 is 30.6 Å². The fourth-order valence-electron chi connectivity index (χ4n) is 1.26. The quantitative estimate of drug-likeness (QED) is 0.260. The molecule has 0 fully saturated rings. The number of hydrazine groups is 1. The van der Waals surface area contributed by atoms with Gasteiger partial charge in [0.15, 0.2) is 5.85 Å². The van der Waals surface area contributed by atoms with Crippen molar-refractivity contribution in [1.82, 2.24) is 5.43 Å². The lowest BCUT2D eigenvalue weighted by molar-refractivity contribution is -0.127. The van der Waals surface area contributed by atoms with Crippen LogP contribution >= 0.6 is 19.4 Å². The average Bonchev–Trinajstić information content (AvgIpc) is 2.39. The zero-order valence-corrected chi connectivity index (χ0v) is 10.8. The van der Waals surface area contributed by atoms with E-state index < -0.39 is 19.6 Å². The van der Waals surface area contributed by atoms with Gasteiger partial charge in [-0.05, 0) is 0 Å². The summed E-state index contributed by atoms with van der Waals surface area (Å²) in [6, 6.07) is 8.66. The number of amides is 1. The van der Waals surface area contributed by atoms with Crippen molar-refractivity contribution < 1.29 is 14.1 Å². The van der Waals surface area contributed by atoms with Crippen LogP contribution in [0.25, 0.3) is 0 Å². The summed E-state index contributed by atoms with van der Waals surface area (Å²) in [7, 11) is -2.41. The van der Waals surface area contributed by atoms with Gasteiger partial charge in [0.2, 0.25) is 0 Å². The molecule has 7 heteroatoms. The summed E-state index contributed by atoms with van der Waals surface area (Å²) in [6.45, 7) is 0.142. The van der Waals surface area contributed by atoms with Crippen LogP contribution in [-0.2, 0) is 14.1 Å². The van der Waals surface area contributed by atoms with Crippen molar-refractivity contribution in [2.45, 2.75) is 5.85 Å². The average molecular weight is 277 g/mol. The standard InChI is InChI=1S/C10H14ClN2O3P/c11-6-7-16-10(9(14)13-12)17(15)8-4-2-1-3-5-8/h1-5,10,17H,6-7,12H2,(H,13,14). The molecule has 0 bridgehead atoms. The molecule has 3 N–H and O–H groups in total. The Morgan fingerprint density at radius 2 is 2.12 bits per heavy atom. The Labute approximate surface area is 105 Å². The highest BCUT2D eigenvalue weighted by molar-refractivity contribution is 7.55. The molecule has 1 aromatic rings. The summed E-state index contributed by atoms with van der Waals surface area (Å²) in [5.74, 6) is 3.56. The molecule has 0 saturated heterocycles. The zero-order chi connectivity index (χ0) is 12.7. The Kier molecular flexibility index (Phi) is 6.22. The van der Waals surface area contributed by atoms with Gasteiger partial charge < -0.3 is 9.30 Å². The van der Waals surface area contributed by atoms with Gasteiger partial charge in [0.1, 0.15) is 7.80 Å². The molecule has 0 spiro atoms. The van der Waals surface area contributed by atoms with Crippen molar-refractivity contribution in [3.05, 3.63) is 30.3 Å². The number of nitrogens with one attached hydrogen (secondary N) is 1. The molecule has 0 aliphatic carbocycles. The molecule has 0 aliphatic heterocycles. The first-order valence-corrected chi connectivity index (χ1v) is 7.00. The van der Waals surface area contributed by atoms with Gasteiger partial charge >= 0.3 is 0 Å². The minimum atomic E-state index is -2.41. The molecular formula is C10H14ClN2O3P. The van der Waals surface area contributed by atoms with E-state index in [0.29, 0.717) is 5.30 Å². The van der Waals surface area contributed by atoms with E-state index in [9.17, 15) is 9.36 Å². The number of halogens is 1. The third-order valence-corrected chi connectivity index (χ3v) is 4.00. The second-order valence-electron chi connectivity index (χ2n) is 3.18. The van der Waals surface area contributed by atoms with E-state index in [-0.39, 0.29) is 12.5 Å². The molecule has 0 saturated carbocycles. The molecule has 0 aliphatic rings. The van der Waals surface area contributed by atoms with Crippen molar-refractivity contribution in [1.29, 1.82) is 0 Å². The minimum Gasteiger partial charge on any atom is -0.359 e. The molecule has 0 aromatic heterocycles. The highest BCUT2D eigenvalue weighted by Gasteiger charge is 2.25. The Morgan fingerprint density at radius 3 is 2.65 bits per heavy atom. The number of benzene rings is 1. The van der Waals surface area contributed by atoms with Crippen molar-refractivity contribution in [2.75, 3.05) is 12.5 Å².